The van der Waals surface area contributed by atoms with E-state index in [4.69, 9.17) is 0 Å². The lowest BCUT2D eigenvalue weighted by molar-refractivity contribution is 0.395. The summed E-state index contributed by atoms with van der Waals surface area (Å²) >= 11 is 0. The monoisotopic (exact) mass is 319 g/mol. The first-order valence-corrected chi connectivity index (χ1v) is 8.77. The number of nitrogens with zero attached hydrogens (tertiary/aromatic N) is 1. The van der Waals surface area contributed by atoms with E-state index in [0.29, 0.717) is 17.9 Å². The van der Waals surface area contributed by atoms with Crippen LogP contribution in [0, 0.1) is 12.7 Å². The molecule has 22 heavy (non-hydrogen) atoms. The van der Waals surface area contributed by atoms with Gasteiger partial charge in [-0.05, 0) is 49.1 Å². The Morgan fingerprint density at radius 2 is 1.91 bits per heavy atom. The Balaban J connectivity index is 2.01. The second kappa shape index (κ2) is 5.82. The third kappa shape index (κ3) is 2.66. The van der Waals surface area contributed by atoms with Crippen LogP contribution in [0.4, 0.5) is 4.39 Å². The fourth-order valence-corrected chi connectivity index (χ4v) is 4.96. The summed E-state index contributed by atoms with van der Waals surface area (Å²) in [4.78, 5) is 0.332. The van der Waals surface area contributed by atoms with Crippen molar-refractivity contribution in [2.24, 2.45) is 0 Å². The van der Waals surface area contributed by atoms with E-state index in [1.54, 1.807) is 37.3 Å². The first kappa shape index (κ1) is 15.2. The van der Waals surface area contributed by atoms with Gasteiger partial charge < -0.3 is 0 Å². The number of hydrogen-bond acceptors (Lipinski definition) is 2. The molecule has 1 aliphatic heterocycles. The molecule has 1 saturated heterocycles. The Bertz CT molecular complexity index is 789. The third-order valence-corrected chi connectivity index (χ3v) is 6.19. The highest BCUT2D eigenvalue weighted by molar-refractivity contribution is 7.89. The predicted molar refractivity (Wildman–Crippen MR) is 83.4 cm³/mol. The SMILES string of the molecule is Cc1ccccc1S(=O)(=O)N1CCC[C@H]1c1cccc(F)c1. The maximum absolute atomic E-state index is 13.5. The van der Waals surface area contributed by atoms with Crippen molar-refractivity contribution < 1.29 is 12.8 Å². The average Bonchev–Trinajstić information content (AvgIpc) is 2.98. The predicted octanol–water partition coefficient (Wildman–Crippen LogP) is 3.66. The van der Waals surface area contributed by atoms with E-state index in [1.807, 2.05) is 6.07 Å². The molecule has 0 aromatic heterocycles. The van der Waals surface area contributed by atoms with E-state index in [1.165, 1.54) is 16.4 Å². The largest absolute Gasteiger partial charge is 0.243 e. The number of halogens is 1. The molecule has 0 amide bonds. The van der Waals surface area contributed by atoms with Crippen molar-refractivity contribution in [1.29, 1.82) is 0 Å². The van der Waals surface area contributed by atoms with Crippen LogP contribution in [0.5, 0.6) is 0 Å². The highest BCUT2D eigenvalue weighted by Crippen LogP contribution is 2.37. The summed E-state index contributed by atoms with van der Waals surface area (Å²) in [6.45, 7) is 2.26. The molecule has 2 aromatic carbocycles. The van der Waals surface area contributed by atoms with Gasteiger partial charge in [0.1, 0.15) is 5.82 Å². The lowest BCUT2D eigenvalue weighted by Crippen LogP contribution is -2.31. The molecule has 0 aliphatic carbocycles. The lowest BCUT2D eigenvalue weighted by atomic mass is 10.1. The minimum Gasteiger partial charge on any atom is -0.207 e. The summed E-state index contributed by atoms with van der Waals surface area (Å²) in [6.07, 6.45) is 1.50. The van der Waals surface area contributed by atoms with Gasteiger partial charge >= 0.3 is 0 Å². The molecule has 1 heterocycles. The van der Waals surface area contributed by atoms with Crippen LogP contribution in [-0.4, -0.2) is 19.3 Å². The lowest BCUT2D eigenvalue weighted by Gasteiger charge is -2.25. The van der Waals surface area contributed by atoms with Crippen molar-refractivity contribution in [2.45, 2.75) is 30.7 Å². The van der Waals surface area contributed by atoms with Gasteiger partial charge in [0.25, 0.3) is 0 Å². The third-order valence-electron chi connectivity index (χ3n) is 4.12. The normalized spacial score (nSPS) is 19.5. The van der Waals surface area contributed by atoms with Gasteiger partial charge in [-0.2, -0.15) is 4.31 Å². The van der Waals surface area contributed by atoms with Gasteiger partial charge in [0.2, 0.25) is 10.0 Å². The molecule has 2 aromatic rings. The summed E-state index contributed by atoms with van der Waals surface area (Å²) in [5.74, 6) is -0.336. The topological polar surface area (TPSA) is 37.4 Å². The van der Waals surface area contributed by atoms with Gasteiger partial charge in [-0.1, -0.05) is 30.3 Å². The van der Waals surface area contributed by atoms with Crippen molar-refractivity contribution >= 4 is 10.0 Å². The van der Waals surface area contributed by atoms with Crippen molar-refractivity contribution in [3.8, 4) is 0 Å². The first-order valence-electron chi connectivity index (χ1n) is 7.33. The molecular weight excluding hydrogens is 301 g/mol. The minimum atomic E-state index is -3.57. The van der Waals surface area contributed by atoms with E-state index in [9.17, 15) is 12.8 Å². The summed E-state index contributed by atoms with van der Waals surface area (Å²) in [5.41, 5.74) is 1.45. The van der Waals surface area contributed by atoms with E-state index in [-0.39, 0.29) is 11.9 Å². The Morgan fingerprint density at radius 3 is 2.64 bits per heavy atom. The molecule has 1 fully saturated rings. The fourth-order valence-electron chi connectivity index (χ4n) is 3.05. The number of hydrogen-bond donors (Lipinski definition) is 0. The zero-order valence-electron chi connectivity index (χ0n) is 12.4. The Labute approximate surface area is 130 Å². The Hall–Kier alpha value is -1.72. The molecule has 0 N–H and O–H groups in total. The quantitative estimate of drug-likeness (QED) is 0.866. The highest BCUT2D eigenvalue weighted by atomic mass is 32.2. The fraction of sp³-hybridized carbons (Fsp3) is 0.294. The van der Waals surface area contributed by atoms with E-state index < -0.39 is 10.0 Å². The van der Waals surface area contributed by atoms with Crippen LogP contribution in [0.25, 0.3) is 0 Å². The first-order chi connectivity index (χ1) is 10.5. The molecule has 3 nitrogen and oxygen atoms in total. The molecule has 0 saturated carbocycles. The zero-order valence-corrected chi connectivity index (χ0v) is 13.2. The molecule has 1 atom stereocenters. The maximum Gasteiger partial charge on any atom is 0.243 e. The number of sulfonamides is 1. The summed E-state index contributed by atoms with van der Waals surface area (Å²) in [7, 11) is -3.57. The van der Waals surface area contributed by atoms with Crippen LogP contribution in [-0.2, 0) is 10.0 Å². The van der Waals surface area contributed by atoms with Crippen molar-refractivity contribution in [3.05, 3.63) is 65.5 Å². The number of aryl methyl sites for hydroxylation is 1. The Morgan fingerprint density at radius 1 is 1.14 bits per heavy atom. The van der Waals surface area contributed by atoms with Crippen LogP contribution in [0.3, 0.4) is 0 Å². The van der Waals surface area contributed by atoms with Crippen LogP contribution in [0.1, 0.15) is 30.0 Å². The maximum atomic E-state index is 13.5. The van der Waals surface area contributed by atoms with Crippen LogP contribution >= 0.6 is 0 Å². The van der Waals surface area contributed by atoms with Crippen LogP contribution in [0.2, 0.25) is 0 Å². The second-order valence-electron chi connectivity index (χ2n) is 5.59. The van der Waals surface area contributed by atoms with Gasteiger partial charge in [0.05, 0.1) is 10.9 Å². The average molecular weight is 319 g/mol. The summed E-state index contributed by atoms with van der Waals surface area (Å²) in [6, 6.07) is 12.9. The highest BCUT2D eigenvalue weighted by Gasteiger charge is 2.36. The summed E-state index contributed by atoms with van der Waals surface area (Å²) < 4.78 is 40.9. The molecule has 0 spiro atoms. The van der Waals surface area contributed by atoms with Crippen LogP contribution < -0.4 is 0 Å². The summed E-state index contributed by atoms with van der Waals surface area (Å²) in [5, 5.41) is 0. The van der Waals surface area contributed by atoms with Gasteiger partial charge in [-0.3, -0.25) is 0 Å². The van der Waals surface area contributed by atoms with Crippen molar-refractivity contribution in [2.75, 3.05) is 6.54 Å². The van der Waals surface area contributed by atoms with E-state index >= 15 is 0 Å². The van der Waals surface area contributed by atoms with Gasteiger partial charge in [-0.25, -0.2) is 12.8 Å². The number of rotatable bonds is 3. The van der Waals surface area contributed by atoms with Gasteiger partial charge in [0.15, 0.2) is 0 Å². The molecule has 5 heteroatoms. The second-order valence-corrected chi connectivity index (χ2v) is 7.45. The molecule has 1 aliphatic rings. The van der Waals surface area contributed by atoms with Gasteiger partial charge in [-0.15, -0.1) is 0 Å². The molecule has 0 unspecified atom stereocenters. The van der Waals surface area contributed by atoms with Crippen LogP contribution in [0.15, 0.2) is 53.4 Å². The molecule has 0 radical (unpaired) electrons. The van der Waals surface area contributed by atoms with E-state index in [2.05, 4.69) is 0 Å². The van der Waals surface area contributed by atoms with Gasteiger partial charge in [0, 0.05) is 6.54 Å². The standard InChI is InChI=1S/C17H18FNO2S/c1-13-6-2-3-10-17(13)22(20,21)19-11-5-9-16(19)14-7-4-8-15(18)12-14/h2-4,6-8,10,12,16H,5,9,11H2,1H3/t16-/m0/s1. The minimum absolute atomic E-state index is 0.291. The molecular formula is C17H18FNO2S. The molecule has 3 rings (SSSR count). The van der Waals surface area contributed by atoms with Crippen molar-refractivity contribution in [1.82, 2.24) is 4.31 Å². The van der Waals surface area contributed by atoms with E-state index in [0.717, 1.165) is 17.5 Å². The molecule has 116 valence electrons. The molecule has 0 bridgehead atoms. The Kier molecular flexibility index (Phi) is 4.02. The number of benzene rings is 2. The smallest absolute Gasteiger partial charge is 0.207 e. The zero-order chi connectivity index (χ0) is 15.7. The van der Waals surface area contributed by atoms with Crippen molar-refractivity contribution in [3.63, 3.8) is 0 Å².